The smallest absolute Gasteiger partial charge is 0.325 e. The summed E-state index contributed by atoms with van der Waals surface area (Å²) in [6, 6.07) is 3.13. The van der Waals surface area contributed by atoms with Gasteiger partial charge < -0.3 is 43.2 Å². The van der Waals surface area contributed by atoms with Crippen LogP contribution < -0.4 is 33.2 Å². The van der Waals surface area contributed by atoms with Crippen molar-refractivity contribution in [2.45, 2.75) is 50.4 Å². The zero-order valence-electron chi connectivity index (χ0n) is 20.4. The number of para-hydroxylation sites is 1. The molecule has 0 saturated carbocycles. The van der Waals surface area contributed by atoms with Gasteiger partial charge in [0, 0.05) is 35.8 Å². The zero-order chi connectivity index (χ0) is 27.5. The number of aliphatic imine (C=N–C) groups is 1. The van der Waals surface area contributed by atoms with Gasteiger partial charge in [0.2, 0.25) is 17.7 Å². The number of thiol groups is 1. The van der Waals surface area contributed by atoms with Crippen molar-refractivity contribution in [3.05, 3.63) is 36.0 Å². The van der Waals surface area contributed by atoms with E-state index in [1.165, 1.54) is 6.92 Å². The number of carboxylic acid groups (broad SMARTS) is 1. The first-order valence-electron chi connectivity index (χ1n) is 11.6. The van der Waals surface area contributed by atoms with Crippen molar-refractivity contribution < 1.29 is 24.3 Å². The molecule has 11 N–H and O–H groups in total. The Morgan fingerprint density at radius 1 is 1.05 bits per heavy atom. The molecule has 0 saturated heterocycles. The molecular formula is C23H34N8O5S. The predicted molar refractivity (Wildman–Crippen MR) is 143 cm³/mol. The summed E-state index contributed by atoms with van der Waals surface area (Å²) in [4.78, 5) is 56.6. The first kappa shape index (κ1) is 29.5. The summed E-state index contributed by atoms with van der Waals surface area (Å²) in [7, 11) is 0. The average Bonchev–Trinajstić information content (AvgIpc) is 3.26. The molecule has 13 nitrogen and oxygen atoms in total. The number of carboxylic acids is 1. The van der Waals surface area contributed by atoms with Crippen LogP contribution in [0.5, 0.6) is 0 Å². The van der Waals surface area contributed by atoms with E-state index in [0.717, 1.165) is 16.5 Å². The molecule has 1 heterocycles. The van der Waals surface area contributed by atoms with Crippen LogP contribution in [0.2, 0.25) is 0 Å². The Labute approximate surface area is 219 Å². The Hall–Kier alpha value is -3.78. The minimum absolute atomic E-state index is 0.0613. The molecule has 202 valence electrons. The number of H-pyrrole nitrogens is 1. The maximum absolute atomic E-state index is 13.0. The second-order valence-corrected chi connectivity index (χ2v) is 8.86. The summed E-state index contributed by atoms with van der Waals surface area (Å²) in [5.41, 5.74) is 18.0. The molecule has 37 heavy (non-hydrogen) atoms. The van der Waals surface area contributed by atoms with Crippen molar-refractivity contribution in [3.63, 3.8) is 0 Å². The number of hydrogen-bond donors (Lipinski definition) is 9. The summed E-state index contributed by atoms with van der Waals surface area (Å²) in [5, 5.41) is 17.6. The van der Waals surface area contributed by atoms with Gasteiger partial charge in [0.25, 0.3) is 0 Å². The van der Waals surface area contributed by atoms with E-state index in [2.05, 4.69) is 38.6 Å². The third-order valence-corrected chi connectivity index (χ3v) is 5.95. The van der Waals surface area contributed by atoms with E-state index in [4.69, 9.17) is 17.2 Å². The van der Waals surface area contributed by atoms with Gasteiger partial charge in [-0.2, -0.15) is 12.6 Å². The minimum atomic E-state index is -1.22. The number of hydrogen-bond acceptors (Lipinski definition) is 7. The van der Waals surface area contributed by atoms with Crippen LogP contribution in [0.4, 0.5) is 0 Å². The van der Waals surface area contributed by atoms with Crippen LogP contribution in [0.15, 0.2) is 35.5 Å². The first-order valence-corrected chi connectivity index (χ1v) is 12.3. The highest BCUT2D eigenvalue weighted by Gasteiger charge is 2.29. The molecule has 3 amide bonds. The number of amides is 3. The van der Waals surface area contributed by atoms with Crippen LogP contribution in [0.3, 0.4) is 0 Å². The van der Waals surface area contributed by atoms with Crippen LogP contribution in [0.1, 0.15) is 25.3 Å². The van der Waals surface area contributed by atoms with Crippen LogP contribution in [-0.4, -0.2) is 76.2 Å². The topological polar surface area (TPSA) is 231 Å². The van der Waals surface area contributed by atoms with Gasteiger partial charge in [-0.25, -0.2) is 0 Å². The first-order chi connectivity index (χ1) is 17.5. The lowest BCUT2D eigenvalue weighted by molar-refractivity contribution is -0.141. The average molecular weight is 535 g/mol. The predicted octanol–water partition coefficient (Wildman–Crippen LogP) is -1.42. The Bertz CT molecular complexity index is 1130. The molecule has 4 unspecified atom stereocenters. The largest absolute Gasteiger partial charge is 0.480 e. The normalized spacial score (nSPS) is 14.1. The monoisotopic (exact) mass is 534 g/mol. The molecular weight excluding hydrogens is 500 g/mol. The summed E-state index contributed by atoms with van der Waals surface area (Å²) in [6.07, 6.45) is 2.53. The van der Waals surface area contributed by atoms with Crippen LogP contribution in [0, 0.1) is 0 Å². The van der Waals surface area contributed by atoms with Gasteiger partial charge in [-0.05, 0) is 31.4 Å². The molecule has 0 aliphatic rings. The van der Waals surface area contributed by atoms with Gasteiger partial charge in [0.15, 0.2) is 5.96 Å². The number of carbonyl (C=O) groups excluding carboxylic acids is 3. The second kappa shape index (κ2) is 14.1. The quantitative estimate of drug-likeness (QED) is 0.0602. The molecule has 0 spiro atoms. The number of nitrogens with one attached hydrogen (secondary N) is 4. The number of aromatic nitrogens is 1. The van der Waals surface area contributed by atoms with Gasteiger partial charge in [0.1, 0.15) is 18.1 Å². The highest BCUT2D eigenvalue weighted by Crippen LogP contribution is 2.19. The number of benzene rings is 1. The van der Waals surface area contributed by atoms with Crippen molar-refractivity contribution in [2.75, 3.05) is 12.3 Å². The maximum atomic E-state index is 13.0. The maximum Gasteiger partial charge on any atom is 0.325 e. The fourth-order valence-corrected chi connectivity index (χ4v) is 3.76. The lowest BCUT2D eigenvalue weighted by atomic mass is 10.0. The summed E-state index contributed by atoms with van der Waals surface area (Å²) in [6.45, 7) is 1.62. The fourth-order valence-electron chi connectivity index (χ4n) is 3.50. The standard InChI is InChI=1S/C23H34N8O5S/c1-12(22(35)36)29-20(33)17(9-13-10-28-16-7-3-2-5-14(13)16)30-21(34)18(11-37)31-19(32)15(24)6-4-8-27-23(25)26/h2-3,5,7,10,12,15,17-18,28,37H,4,6,8-9,11,24H2,1H3,(H,29,33)(H,30,34)(H,31,32)(H,35,36)(H4,25,26,27). The van der Waals surface area contributed by atoms with Gasteiger partial charge in [-0.3, -0.25) is 24.2 Å². The van der Waals surface area contributed by atoms with E-state index in [1.54, 1.807) is 6.20 Å². The zero-order valence-corrected chi connectivity index (χ0v) is 21.3. The van der Waals surface area contributed by atoms with Gasteiger partial charge >= 0.3 is 5.97 Å². The SMILES string of the molecule is CC(NC(=O)C(Cc1c[nH]c2ccccc12)NC(=O)C(CS)NC(=O)C(N)CCCN=C(N)N)C(=O)O. The van der Waals surface area contributed by atoms with Crippen molar-refractivity contribution >= 4 is 53.2 Å². The van der Waals surface area contributed by atoms with E-state index in [-0.39, 0.29) is 24.6 Å². The van der Waals surface area contributed by atoms with E-state index in [9.17, 15) is 24.3 Å². The number of nitrogens with zero attached hydrogens (tertiary/aromatic N) is 1. The van der Waals surface area contributed by atoms with Crippen molar-refractivity contribution in [1.29, 1.82) is 0 Å². The highest BCUT2D eigenvalue weighted by atomic mass is 32.1. The third-order valence-electron chi connectivity index (χ3n) is 5.58. The number of aromatic amines is 1. The highest BCUT2D eigenvalue weighted by molar-refractivity contribution is 7.80. The van der Waals surface area contributed by atoms with E-state index in [0.29, 0.717) is 13.0 Å². The number of carbonyl (C=O) groups is 4. The van der Waals surface area contributed by atoms with Crippen molar-refractivity contribution in [2.24, 2.45) is 22.2 Å². The summed E-state index contributed by atoms with van der Waals surface area (Å²) >= 11 is 4.16. The summed E-state index contributed by atoms with van der Waals surface area (Å²) in [5.74, 6) is -3.27. The molecule has 0 radical (unpaired) electrons. The van der Waals surface area contributed by atoms with E-state index in [1.807, 2.05) is 24.3 Å². The molecule has 4 atom stereocenters. The van der Waals surface area contributed by atoms with E-state index < -0.39 is 47.9 Å². The fraction of sp³-hybridized carbons (Fsp3) is 0.435. The van der Waals surface area contributed by atoms with Crippen LogP contribution in [-0.2, 0) is 25.6 Å². The van der Waals surface area contributed by atoms with Gasteiger partial charge in [-0.1, -0.05) is 18.2 Å². The molecule has 1 aromatic heterocycles. The number of fused-ring (bicyclic) bond motifs is 1. The molecule has 0 fully saturated rings. The Kier molecular flexibility index (Phi) is 11.2. The Balaban J connectivity index is 2.11. The van der Waals surface area contributed by atoms with Crippen LogP contribution >= 0.6 is 12.6 Å². The van der Waals surface area contributed by atoms with Gasteiger partial charge in [-0.15, -0.1) is 0 Å². The number of guanidine groups is 1. The molecule has 1 aromatic carbocycles. The number of nitrogens with two attached hydrogens (primary N) is 3. The molecule has 0 aliphatic heterocycles. The van der Waals surface area contributed by atoms with Crippen molar-refractivity contribution in [3.8, 4) is 0 Å². The molecule has 2 rings (SSSR count). The number of aliphatic carboxylic acids is 1. The molecule has 0 bridgehead atoms. The van der Waals surface area contributed by atoms with E-state index >= 15 is 0 Å². The van der Waals surface area contributed by atoms with Gasteiger partial charge in [0.05, 0.1) is 6.04 Å². The molecule has 0 aliphatic carbocycles. The summed E-state index contributed by atoms with van der Waals surface area (Å²) < 4.78 is 0. The lowest BCUT2D eigenvalue weighted by Gasteiger charge is -2.24. The minimum Gasteiger partial charge on any atom is -0.480 e. The molecule has 14 heteroatoms. The molecule has 2 aromatic rings. The Morgan fingerprint density at radius 3 is 2.35 bits per heavy atom. The lowest BCUT2D eigenvalue weighted by Crippen LogP contribution is -2.57. The Morgan fingerprint density at radius 2 is 1.70 bits per heavy atom. The number of rotatable bonds is 14. The third kappa shape index (κ3) is 8.99. The van der Waals surface area contributed by atoms with Crippen molar-refractivity contribution in [1.82, 2.24) is 20.9 Å². The second-order valence-electron chi connectivity index (χ2n) is 8.49. The van der Waals surface area contributed by atoms with Crippen LogP contribution in [0.25, 0.3) is 10.9 Å².